The number of carbonyl (C=O) groups is 1. The Balaban J connectivity index is 0.00000341. The highest BCUT2D eigenvalue weighted by molar-refractivity contribution is 14.0. The number of carbonyl (C=O) groups excluding carboxylic acids is 1. The summed E-state index contributed by atoms with van der Waals surface area (Å²) in [4.78, 5) is 25.8. The molecule has 1 saturated heterocycles. The lowest BCUT2D eigenvalue weighted by Gasteiger charge is -2.36. The van der Waals surface area contributed by atoms with Crippen molar-refractivity contribution in [2.75, 3.05) is 44.7 Å². The Labute approximate surface area is 205 Å². The van der Waals surface area contributed by atoms with Crippen LogP contribution in [0.15, 0.2) is 29.3 Å². The van der Waals surface area contributed by atoms with Crippen LogP contribution in [-0.2, 0) is 13.0 Å². The van der Waals surface area contributed by atoms with Crippen molar-refractivity contribution in [2.24, 2.45) is 4.99 Å². The molecule has 0 unspecified atom stereocenters. The van der Waals surface area contributed by atoms with E-state index in [0.29, 0.717) is 18.7 Å². The molecule has 2 N–H and O–H groups in total. The van der Waals surface area contributed by atoms with Crippen LogP contribution in [0.3, 0.4) is 0 Å². The molecule has 8 nitrogen and oxygen atoms in total. The number of amides is 1. The van der Waals surface area contributed by atoms with E-state index in [2.05, 4.69) is 41.7 Å². The zero-order valence-corrected chi connectivity index (χ0v) is 21.6. The molecular weight excluding hydrogens is 525 g/mol. The van der Waals surface area contributed by atoms with Gasteiger partial charge in [0.25, 0.3) is 5.91 Å². The van der Waals surface area contributed by atoms with Gasteiger partial charge in [0.1, 0.15) is 5.82 Å². The molecule has 0 radical (unpaired) electrons. The molecule has 0 spiro atoms. The number of halogens is 1. The molecule has 1 aromatic heterocycles. The molecule has 1 aliphatic heterocycles. The first-order chi connectivity index (χ1) is 14.6. The first-order valence-electron chi connectivity index (χ1n) is 10.5. The van der Waals surface area contributed by atoms with Crippen LogP contribution in [0.1, 0.15) is 42.0 Å². The second-order valence-corrected chi connectivity index (χ2v) is 7.91. The predicted molar refractivity (Wildman–Crippen MR) is 138 cm³/mol. The van der Waals surface area contributed by atoms with Gasteiger partial charge in [0.05, 0.1) is 0 Å². The minimum absolute atomic E-state index is 0. The Morgan fingerprint density at radius 1 is 1.19 bits per heavy atom. The average Bonchev–Trinajstić information content (AvgIpc) is 3.28. The largest absolute Gasteiger partial charge is 0.352 e. The van der Waals surface area contributed by atoms with Gasteiger partial charge in [0.15, 0.2) is 5.96 Å². The van der Waals surface area contributed by atoms with E-state index in [4.69, 9.17) is 0 Å². The number of aryl methyl sites for hydroxylation is 1. The van der Waals surface area contributed by atoms with Gasteiger partial charge in [-0.3, -0.25) is 9.79 Å². The maximum atomic E-state index is 12.2. The average molecular weight is 558 g/mol. The summed E-state index contributed by atoms with van der Waals surface area (Å²) in [5.41, 5.74) is 1.75. The zero-order valence-electron chi connectivity index (χ0n) is 18.4. The van der Waals surface area contributed by atoms with Crippen molar-refractivity contribution in [3.8, 4) is 0 Å². The van der Waals surface area contributed by atoms with Gasteiger partial charge in [-0.05, 0) is 24.1 Å². The highest BCUT2D eigenvalue weighted by Gasteiger charge is 2.22. The van der Waals surface area contributed by atoms with Gasteiger partial charge in [-0.1, -0.05) is 26.0 Å². The third-order valence-electron chi connectivity index (χ3n) is 5.01. The van der Waals surface area contributed by atoms with Crippen molar-refractivity contribution in [3.63, 3.8) is 0 Å². The third-order valence-corrected chi connectivity index (χ3v) is 5.83. The molecule has 1 aromatic carbocycles. The lowest BCUT2D eigenvalue weighted by molar-refractivity contribution is 0.0953. The zero-order chi connectivity index (χ0) is 21.3. The molecule has 0 aliphatic carbocycles. The van der Waals surface area contributed by atoms with Crippen LogP contribution in [0, 0.1) is 0 Å². The standard InChI is InChI=1S/C21H31N7OS.HI/c1-4-9-23-19(29)17-8-6-7-16(14-17)15-24-20(22-3)27-10-12-28(13-11-27)21-25-18(5-2)26-30-21;/h6-8,14H,4-5,9-13,15H2,1-3H3,(H,22,24)(H,23,29);1H. The summed E-state index contributed by atoms with van der Waals surface area (Å²) in [6.45, 7) is 8.97. The van der Waals surface area contributed by atoms with Crippen LogP contribution in [-0.4, -0.2) is 65.9 Å². The van der Waals surface area contributed by atoms with Crippen LogP contribution in [0.5, 0.6) is 0 Å². The number of guanidine groups is 1. The number of aliphatic imine (C=N–C) groups is 1. The maximum absolute atomic E-state index is 12.2. The van der Waals surface area contributed by atoms with E-state index in [1.54, 1.807) is 0 Å². The smallest absolute Gasteiger partial charge is 0.251 e. The summed E-state index contributed by atoms with van der Waals surface area (Å²) in [6, 6.07) is 7.73. The van der Waals surface area contributed by atoms with E-state index in [-0.39, 0.29) is 29.9 Å². The quantitative estimate of drug-likeness (QED) is 0.310. The molecule has 2 aromatic rings. The number of aromatic nitrogens is 2. The number of anilines is 1. The van der Waals surface area contributed by atoms with E-state index in [1.165, 1.54) is 11.5 Å². The molecule has 31 heavy (non-hydrogen) atoms. The van der Waals surface area contributed by atoms with Crippen molar-refractivity contribution in [3.05, 3.63) is 41.2 Å². The van der Waals surface area contributed by atoms with Crippen molar-refractivity contribution in [2.45, 2.75) is 33.2 Å². The monoisotopic (exact) mass is 557 g/mol. The molecular formula is C21H32IN7OS. The molecule has 0 atom stereocenters. The Kier molecular flexibility index (Phi) is 10.4. The van der Waals surface area contributed by atoms with Gasteiger partial charge < -0.3 is 20.4 Å². The summed E-state index contributed by atoms with van der Waals surface area (Å²) in [6.07, 6.45) is 1.80. The Morgan fingerprint density at radius 3 is 2.61 bits per heavy atom. The van der Waals surface area contributed by atoms with Crippen LogP contribution < -0.4 is 15.5 Å². The fourth-order valence-corrected chi connectivity index (χ4v) is 4.10. The molecule has 170 valence electrons. The van der Waals surface area contributed by atoms with E-state index in [0.717, 1.165) is 61.5 Å². The van der Waals surface area contributed by atoms with Crippen LogP contribution in [0.2, 0.25) is 0 Å². The van der Waals surface area contributed by atoms with Crippen LogP contribution >= 0.6 is 35.5 Å². The minimum Gasteiger partial charge on any atom is -0.352 e. The van der Waals surface area contributed by atoms with Gasteiger partial charge in [0.2, 0.25) is 5.13 Å². The van der Waals surface area contributed by atoms with Gasteiger partial charge in [-0.2, -0.15) is 4.37 Å². The van der Waals surface area contributed by atoms with Crippen molar-refractivity contribution in [1.29, 1.82) is 0 Å². The van der Waals surface area contributed by atoms with Crippen LogP contribution in [0.4, 0.5) is 5.13 Å². The summed E-state index contributed by atoms with van der Waals surface area (Å²) >= 11 is 1.48. The van der Waals surface area contributed by atoms with Crippen LogP contribution in [0.25, 0.3) is 0 Å². The predicted octanol–water partition coefficient (Wildman–Crippen LogP) is 2.76. The molecule has 2 heterocycles. The highest BCUT2D eigenvalue weighted by atomic mass is 127. The number of hydrogen-bond acceptors (Lipinski definition) is 6. The Bertz CT molecular complexity index is 865. The minimum atomic E-state index is -0.0258. The fourth-order valence-electron chi connectivity index (χ4n) is 3.30. The van der Waals surface area contributed by atoms with E-state index in [1.807, 2.05) is 38.2 Å². The topological polar surface area (TPSA) is 85.8 Å². The van der Waals surface area contributed by atoms with Crippen molar-refractivity contribution in [1.82, 2.24) is 24.9 Å². The second kappa shape index (κ2) is 12.8. The Morgan fingerprint density at radius 2 is 1.97 bits per heavy atom. The summed E-state index contributed by atoms with van der Waals surface area (Å²) in [5.74, 6) is 1.77. The fraction of sp³-hybridized carbons (Fsp3) is 0.524. The molecule has 1 amide bonds. The van der Waals surface area contributed by atoms with E-state index < -0.39 is 0 Å². The number of piperazine rings is 1. The lowest BCUT2D eigenvalue weighted by Crippen LogP contribution is -2.52. The van der Waals surface area contributed by atoms with Gasteiger partial charge in [-0.15, -0.1) is 24.0 Å². The highest BCUT2D eigenvalue weighted by Crippen LogP contribution is 2.19. The molecule has 10 heteroatoms. The first kappa shape index (κ1) is 25.3. The third kappa shape index (κ3) is 7.03. The number of nitrogens with zero attached hydrogens (tertiary/aromatic N) is 5. The van der Waals surface area contributed by atoms with Crippen molar-refractivity contribution >= 4 is 52.5 Å². The Hall–Kier alpha value is -1.95. The molecule has 3 rings (SSSR count). The number of nitrogens with one attached hydrogen (secondary N) is 2. The number of benzene rings is 1. The van der Waals surface area contributed by atoms with Gasteiger partial charge >= 0.3 is 0 Å². The van der Waals surface area contributed by atoms with Gasteiger partial charge in [0, 0.05) is 69.8 Å². The first-order valence-corrected chi connectivity index (χ1v) is 11.3. The SMILES string of the molecule is CCCNC(=O)c1cccc(CNC(=NC)N2CCN(c3nc(CC)ns3)CC2)c1.I. The number of hydrogen-bond donors (Lipinski definition) is 2. The molecule has 0 bridgehead atoms. The normalized spacial score (nSPS) is 14.2. The second-order valence-electron chi connectivity index (χ2n) is 7.18. The maximum Gasteiger partial charge on any atom is 0.251 e. The summed E-state index contributed by atoms with van der Waals surface area (Å²) < 4.78 is 4.39. The van der Waals surface area contributed by atoms with Gasteiger partial charge in [-0.25, -0.2) is 4.98 Å². The summed E-state index contributed by atoms with van der Waals surface area (Å²) in [5, 5.41) is 7.36. The van der Waals surface area contributed by atoms with E-state index >= 15 is 0 Å². The summed E-state index contributed by atoms with van der Waals surface area (Å²) in [7, 11) is 1.81. The lowest BCUT2D eigenvalue weighted by atomic mass is 10.1. The van der Waals surface area contributed by atoms with Crippen molar-refractivity contribution < 1.29 is 4.79 Å². The number of rotatable bonds is 7. The van der Waals surface area contributed by atoms with E-state index in [9.17, 15) is 4.79 Å². The molecule has 1 aliphatic rings. The molecule has 1 fully saturated rings. The molecule has 0 saturated carbocycles.